The van der Waals surface area contributed by atoms with Crippen molar-refractivity contribution in [2.45, 2.75) is 19.1 Å². The number of nitrogens with zero attached hydrogens (tertiary/aromatic N) is 1. The van der Waals surface area contributed by atoms with Crippen molar-refractivity contribution < 1.29 is 22.8 Å². The number of aryl methyl sites for hydroxylation is 1. The summed E-state index contributed by atoms with van der Waals surface area (Å²) in [6.45, 7) is 0.186. The van der Waals surface area contributed by atoms with Crippen molar-refractivity contribution in [1.82, 2.24) is 4.57 Å². The largest absolute Gasteiger partial charge is 0.454 e. The molecule has 0 aliphatic rings. The second-order valence-corrected chi connectivity index (χ2v) is 4.56. The minimum absolute atomic E-state index is 0.0578. The van der Waals surface area contributed by atoms with Crippen LogP contribution < -0.4 is 0 Å². The van der Waals surface area contributed by atoms with Gasteiger partial charge in [-0.3, -0.25) is 4.79 Å². The van der Waals surface area contributed by atoms with Gasteiger partial charge in [0.2, 0.25) is 0 Å². The van der Waals surface area contributed by atoms with Gasteiger partial charge >= 0.3 is 6.18 Å². The lowest BCUT2D eigenvalue weighted by Crippen LogP contribution is -2.22. The number of hydrogen-bond donors (Lipinski definition) is 0. The minimum atomic E-state index is -4.97. The summed E-state index contributed by atoms with van der Waals surface area (Å²) in [5.74, 6) is -1.94. The molecule has 0 aliphatic carbocycles. The minimum Gasteiger partial charge on any atom is -0.346 e. The van der Waals surface area contributed by atoms with Gasteiger partial charge < -0.3 is 9.36 Å². The molecule has 1 aromatic heterocycles. The first-order valence-corrected chi connectivity index (χ1v) is 6.06. The number of fused-ring (bicyclic) bond motifs is 1. The normalized spacial score (nSPS) is 11.8. The summed E-state index contributed by atoms with van der Waals surface area (Å²) in [5, 5.41) is 0.127. The van der Waals surface area contributed by atoms with E-state index in [0.717, 1.165) is 6.20 Å². The van der Waals surface area contributed by atoms with Crippen molar-refractivity contribution in [2.24, 2.45) is 0 Å². The molecule has 0 bridgehead atoms. The van der Waals surface area contributed by atoms with Gasteiger partial charge in [0.1, 0.15) is 6.29 Å². The second kappa shape index (κ2) is 5.28. The van der Waals surface area contributed by atoms with Crippen molar-refractivity contribution in [2.75, 3.05) is 0 Å². The molecule has 3 nitrogen and oxygen atoms in total. The highest BCUT2D eigenvalue weighted by Crippen LogP contribution is 2.33. The lowest BCUT2D eigenvalue weighted by atomic mass is 10.1. The molecule has 2 aromatic rings. The van der Waals surface area contributed by atoms with Crippen molar-refractivity contribution in [1.29, 1.82) is 0 Å². The third-order valence-corrected chi connectivity index (χ3v) is 3.16. The molecule has 0 spiro atoms. The molecule has 0 aliphatic heterocycles. The van der Waals surface area contributed by atoms with Crippen LogP contribution in [0.25, 0.3) is 10.9 Å². The number of carbonyl (C=O) groups is 2. The number of alkyl halides is 3. The highest BCUT2D eigenvalue weighted by atomic mass is 35.5. The van der Waals surface area contributed by atoms with E-state index < -0.39 is 17.5 Å². The van der Waals surface area contributed by atoms with Crippen molar-refractivity contribution in [3.05, 3.63) is 35.0 Å². The van der Waals surface area contributed by atoms with Gasteiger partial charge in [0.15, 0.2) is 0 Å². The number of hydrogen-bond acceptors (Lipinski definition) is 2. The third kappa shape index (κ3) is 2.56. The van der Waals surface area contributed by atoms with E-state index in [1.165, 1.54) is 10.6 Å². The molecular formula is C13H9ClF3NO2. The number of benzene rings is 1. The van der Waals surface area contributed by atoms with Crippen LogP contribution in [0.3, 0.4) is 0 Å². The van der Waals surface area contributed by atoms with E-state index >= 15 is 0 Å². The van der Waals surface area contributed by atoms with Crippen LogP contribution in [0.2, 0.25) is 5.02 Å². The standard InChI is InChI=1S/C13H9ClF3NO2/c14-9-3-1-4-10-11(9)8(12(20)13(15,16)17)7-18(10)5-2-6-19/h1,3-4,6-7H,2,5H2. The van der Waals surface area contributed by atoms with E-state index in [4.69, 9.17) is 11.6 Å². The van der Waals surface area contributed by atoms with Crippen molar-refractivity contribution in [3.8, 4) is 0 Å². The van der Waals surface area contributed by atoms with Crippen LogP contribution in [-0.2, 0) is 11.3 Å². The number of rotatable bonds is 4. The first-order valence-electron chi connectivity index (χ1n) is 5.68. The molecule has 0 radical (unpaired) electrons. The van der Waals surface area contributed by atoms with Crippen LogP contribution in [0.4, 0.5) is 13.2 Å². The summed E-state index contributed by atoms with van der Waals surface area (Å²) in [6.07, 6.45) is -3.09. The van der Waals surface area contributed by atoms with E-state index in [1.54, 1.807) is 12.1 Å². The van der Waals surface area contributed by atoms with Crippen LogP contribution >= 0.6 is 11.6 Å². The summed E-state index contributed by atoms with van der Waals surface area (Å²) in [5.41, 5.74) is -0.101. The van der Waals surface area contributed by atoms with Crippen molar-refractivity contribution in [3.63, 3.8) is 0 Å². The first kappa shape index (κ1) is 14.6. The highest BCUT2D eigenvalue weighted by Gasteiger charge is 2.41. The maximum absolute atomic E-state index is 12.6. The first-order chi connectivity index (χ1) is 9.36. The molecule has 0 saturated carbocycles. The van der Waals surface area contributed by atoms with E-state index in [9.17, 15) is 22.8 Å². The molecule has 0 unspecified atom stereocenters. The average molecular weight is 304 g/mol. The zero-order valence-corrected chi connectivity index (χ0v) is 10.8. The SMILES string of the molecule is O=CCCn1cc(C(=O)C(F)(F)F)c2c(Cl)cccc21. The maximum Gasteiger partial charge on any atom is 0.454 e. The van der Waals surface area contributed by atoms with Gasteiger partial charge in [-0.25, -0.2) is 0 Å². The molecule has 0 N–H and O–H groups in total. The fourth-order valence-corrected chi connectivity index (χ4v) is 2.28. The quantitative estimate of drug-likeness (QED) is 0.639. The van der Waals surface area contributed by atoms with E-state index in [-0.39, 0.29) is 23.4 Å². The van der Waals surface area contributed by atoms with Crippen LogP contribution in [0, 0.1) is 0 Å². The molecule has 0 saturated heterocycles. The summed E-state index contributed by atoms with van der Waals surface area (Å²) >= 11 is 5.90. The van der Waals surface area contributed by atoms with E-state index in [0.29, 0.717) is 11.8 Å². The van der Waals surface area contributed by atoms with Gasteiger partial charge in [-0.2, -0.15) is 13.2 Å². The molecule has 0 atom stereocenters. The number of Topliss-reactive ketones (excluding diaryl/α,β-unsaturated/α-hetero) is 1. The van der Waals surface area contributed by atoms with Crippen LogP contribution in [0.5, 0.6) is 0 Å². The Labute approximate surface area is 116 Å². The Kier molecular flexibility index (Phi) is 3.85. The third-order valence-electron chi connectivity index (χ3n) is 2.85. The lowest BCUT2D eigenvalue weighted by Gasteiger charge is -2.04. The van der Waals surface area contributed by atoms with Gasteiger partial charge in [0.25, 0.3) is 5.78 Å². The topological polar surface area (TPSA) is 39.1 Å². The molecule has 2 rings (SSSR count). The number of aldehydes is 1. The fraction of sp³-hybridized carbons (Fsp3) is 0.231. The fourth-order valence-electron chi connectivity index (χ4n) is 2.01. The van der Waals surface area contributed by atoms with Gasteiger partial charge in [-0.1, -0.05) is 17.7 Å². The van der Waals surface area contributed by atoms with Gasteiger partial charge in [-0.15, -0.1) is 0 Å². The number of ketones is 1. The predicted octanol–water partition coefficient (Wildman–Crippen LogP) is 3.63. The Balaban J connectivity index is 2.65. The van der Waals surface area contributed by atoms with Crippen LogP contribution in [0.1, 0.15) is 16.8 Å². The summed E-state index contributed by atoms with van der Waals surface area (Å²) < 4.78 is 39.2. The molecule has 106 valence electrons. The Bertz CT molecular complexity index is 676. The van der Waals surface area contributed by atoms with Crippen molar-refractivity contribution >= 4 is 34.6 Å². The predicted molar refractivity (Wildman–Crippen MR) is 68.0 cm³/mol. The Morgan fingerprint density at radius 3 is 2.65 bits per heavy atom. The molecule has 0 fully saturated rings. The zero-order valence-electron chi connectivity index (χ0n) is 10.1. The Hall–Kier alpha value is -1.82. The Morgan fingerprint density at radius 2 is 2.05 bits per heavy atom. The molecule has 20 heavy (non-hydrogen) atoms. The van der Waals surface area contributed by atoms with Crippen LogP contribution in [0.15, 0.2) is 24.4 Å². The molecule has 1 aromatic carbocycles. The number of halogens is 4. The monoisotopic (exact) mass is 303 g/mol. The summed E-state index contributed by atoms with van der Waals surface area (Å²) in [4.78, 5) is 21.8. The van der Waals surface area contributed by atoms with Gasteiger partial charge in [-0.05, 0) is 12.1 Å². The highest BCUT2D eigenvalue weighted by molar-refractivity contribution is 6.37. The van der Waals surface area contributed by atoms with Gasteiger partial charge in [0.05, 0.1) is 16.1 Å². The van der Waals surface area contributed by atoms with Crippen LogP contribution in [-0.4, -0.2) is 22.8 Å². The maximum atomic E-state index is 12.6. The zero-order chi connectivity index (χ0) is 14.9. The molecule has 1 heterocycles. The second-order valence-electron chi connectivity index (χ2n) is 4.15. The van der Waals surface area contributed by atoms with Gasteiger partial charge in [0, 0.05) is 24.5 Å². The molecular weight excluding hydrogens is 295 g/mol. The molecule has 7 heteroatoms. The summed E-state index contributed by atoms with van der Waals surface area (Å²) in [7, 11) is 0. The lowest BCUT2D eigenvalue weighted by molar-refractivity contribution is -0.108. The van der Waals surface area contributed by atoms with E-state index in [2.05, 4.69) is 0 Å². The summed E-state index contributed by atoms with van der Waals surface area (Å²) in [6, 6.07) is 4.55. The number of aromatic nitrogens is 1. The smallest absolute Gasteiger partial charge is 0.346 e. The average Bonchev–Trinajstić information content (AvgIpc) is 2.74. The Morgan fingerprint density at radius 1 is 1.35 bits per heavy atom. The number of carbonyl (C=O) groups excluding carboxylic acids is 2. The molecule has 0 amide bonds. The van der Waals surface area contributed by atoms with E-state index in [1.807, 2.05) is 0 Å².